The molecule has 0 amide bonds. The molecule has 0 saturated heterocycles. The molecule has 2 aromatic rings. The first-order valence-corrected chi connectivity index (χ1v) is 7.65. The lowest BCUT2D eigenvalue weighted by Gasteiger charge is -2.15. The van der Waals surface area contributed by atoms with Crippen molar-refractivity contribution in [3.05, 3.63) is 45.4 Å². The van der Waals surface area contributed by atoms with Gasteiger partial charge in [0.2, 0.25) is 0 Å². The first-order chi connectivity index (χ1) is 10.0. The van der Waals surface area contributed by atoms with Gasteiger partial charge >= 0.3 is 0 Å². The zero-order valence-electron chi connectivity index (χ0n) is 13.0. The van der Waals surface area contributed by atoms with Crippen LogP contribution in [0.5, 0.6) is 0 Å². The molecule has 4 nitrogen and oxygen atoms in total. The van der Waals surface area contributed by atoms with Gasteiger partial charge in [-0.2, -0.15) is 0 Å². The van der Waals surface area contributed by atoms with E-state index in [4.69, 9.17) is 5.73 Å². The zero-order chi connectivity index (χ0) is 15.1. The summed E-state index contributed by atoms with van der Waals surface area (Å²) in [5.41, 5.74) is 10.7. The molecule has 1 aromatic heterocycles. The first kappa shape index (κ1) is 14.0. The summed E-state index contributed by atoms with van der Waals surface area (Å²) in [7, 11) is 1.95. The largest absolute Gasteiger partial charge is 0.393 e. The van der Waals surface area contributed by atoms with Gasteiger partial charge in [-0.05, 0) is 43.9 Å². The van der Waals surface area contributed by atoms with Crippen LogP contribution in [-0.4, -0.2) is 9.36 Å². The second-order valence-corrected chi connectivity index (χ2v) is 6.21. The highest BCUT2D eigenvalue weighted by molar-refractivity contribution is 5.50. The Bertz CT molecular complexity index is 733. The standard InChI is InChI=1S/C17H23N3O/c1-11-8-9-12(2)14(10-11)20-17(21)15(18)16(19(20)3)13-6-4-5-7-13/h8-10,13H,4-7,18H2,1-3H3. The number of aryl methyl sites for hydroxylation is 2. The highest BCUT2D eigenvalue weighted by Crippen LogP contribution is 2.36. The fourth-order valence-corrected chi connectivity index (χ4v) is 3.54. The van der Waals surface area contributed by atoms with Crippen molar-refractivity contribution < 1.29 is 0 Å². The lowest BCUT2D eigenvalue weighted by Crippen LogP contribution is -2.21. The fraction of sp³-hybridized carbons (Fsp3) is 0.471. The molecule has 21 heavy (non-hydrogen) atoms. The molecule has 3 rings (SSSR count). The summed E-state index contributed by atoms with van der Waals surface area (Å²) >= 11 is 0. The van der Waals surface area contributed by atoms with Crippen LogP contribution in [0.2, 0.25) is 0 Å². The minimum absolute atomic E-state index is 0.0897. The Morgan fingerprint density at radius 3 is 2.52 bits per heavy atom. The Morgan fingerprint density at radius 2 is 1.86 bits per heavy atom. The summed E-state index contributed by atoms with van der Waals surface area (Å²) in [4.78, 5) is 12.6. The summed E-state index contributed by atoms with van der Waals surface area (Å²) < 4.78 is 3.70. The third-order valence-electron chi connectivity index (χ3n) is 4.68. The van der Waals surface area contributed by atoms with Crippen LogP contribution >= 0.6 is 0 Å². The number of hydrogen-bond donors (Lipinski definition) is 1. The molecule has 2 N–H and O–H groups in total. The van der Waals surface area contributed by atoms with Crippen molar-refractivity contribution in [3.63, 3.8) is 0 Å². The number of nitrogens with zero attached hydrogens (tertiary/aromatic N) is 2. The quantitative estimate of drug-likeness (QED) is 0.922. The molecule has 1 fully saturated rings. The van der Waals surface area contributed by atoms with Gasteiger partial charge in [0, 0.05) is 13.0 Å². The number of nitrogen functional groups attached to an aromatic ring is 1. The molecular formula is C17H23N3O. The molecule has 1 aromatic carbocycles. The Kier molecular flexibility index (Phi) is 3.40. The Hall–Kier alpha value is -1.97. The van der Waals surface area contributed by atoms with E-state index < -0.39 is 0 Å². The van der Waals surface area contributed by atoms with Crippen LogP contribution < -0.4 is 11.3 Å². The molecule has 4 heteroatoms. The highest BCUT2D eigenvalue weighted by atomic mass is 16.1. The molecule has 0 atom stereocenters. The summed E-state index contributed by atoms with van der Waals surface area (Å²) in [5, 5.41) is 0. The van der Waals surface area contributed by atoms with E-state index in [2.05, 4.69) is 18.2 Å². The Morgan fingerprint density at radius 1 is 1.19 bits per heavy atom. The van der Waals surface area contributed by atoms with Gasteiger partial charge in [-0.3, -0.25) is 9.48 Å². The van der Waals surface area contributed by atoms with Crippen molar-refractivity contribution in [3.8, 4) is 5.69 Å². The maximum Gasteiger partial charge on any atom is 0.294 e. The highest BCUT2D eigenvalue weighted by Gasteiger charge is 2.26. The van der Waals surface area contributed by atoms with Crippen LogP contribution in [0.25, 0.3) is 5.69 Å². The summed E-state index contributed by atoms with van der Waals surface area (Å²) in [6, 6.07) is 6.16. The number of aromatic nitrogens is 2. The van der Waals surface area contributed by atoms with Gasteiger partial charge in [-0.1, -0.05) is 25.0 Å². The van der Waals surface area contributed by atoms with Crippen LogP contribution in [0.15, 0.2) is 23.0 Å². The van der Waals surface area contributed by atoms with Crippen LogP contribution in [0.4, 0.5) is 5.69 Å². The molecule has 0 aliphatic heterocycles. The van der Waals surface area contributed by atoms with E-state index in [0.717, 1.165) is 35.3 Å². The fourth-order valence-electron chi connectivity index (χ4n) is 3.54. The van der Waals surface area contributed by atoms with Gasteiger partial charge in [-0.15, -0.1) is 0 Å². The summed E-state index contributed by atoms with van der Waals surface area (Å²) in [6.07, 6.45) is 4.72. The van der Waals surface area contributed by atoms with Gasteiger partial charge < -0.3 is 5.73 Å². The van der Waals surface area contributed by atoms with Crippen molar-refractivity contribution in [1.29, 1.82) is 0 Å². The Balaban J connectivity index is 2.22. The van der Waals surface area contributed by atoms with Crippen molar-refractivity contribution in [1.82, 2.24) is 9.36 Å². The van der Waals surface area contributed by atoms with E-state index in [-0.39, 0.29) is 5.56 Å². The normalized spacial score (nSPS) is 15.8. The topological polar surface area (TPSA) is 52.9 Å². The number of nitrogens with two attached hydrogens (primary N) is 1. The molecule has 0 unspecified atom stereocenters. The average molecular weight is 285 g/mol. The van der Waals surface area contributed by atoms with Crippen LogP contribution in [0.3, 0.4) is 0 Å². The molecular weight excluding hydrogens is 262 g/mol. The van der Waals surface area contributed by atoms with E-state index in [0.29, 0.717) is 11.6 Å². The smallest absolute Gasteiger partial charge is 0.294 e. The van der Waals surface area contributed by atoms with Crippen LogP contribution in [0.1, 0.15) is 48.4 Å². The van der Waals surface area contributed by atoms with Gasteiger partial charge in [0.05, 0.1) is 11.4 Å². The van der Waals surface area contributed by atoms with E-state index in [1.54, 1.807) is 4.68 Å². The maximum absolute atomic E-state index is 12.6. The maximum atomic E-state index is 12.6. The third-order valence-corrected chi connectivity index (χ3v) is 4.68. The minimum atomic E-state index is -0.0897. The number of anilines is 1. The van der Waals surface area contributed by atoms with Crippen molar-refractivity contribution in [2.75, 3.05) is 5.73 Å². The monoisotopic (exact) mass is 285 g/mol. The van der Waals surface area contributed by atoms with E-state index in [1.165, 1.54) is 12.8 Å². The lowest BCUT2D eigenvalue weighted by molar-refractivity contribution is 0.567. The number of benzene rings is 1. The predicted octanol–water partition coefficient (Wildman–Crippen LogP) is 3.03. The van der Waals surface area contributed by atoms with Gasteiger partial charge in [0.15, 0.2) is 0 Å². The molecule has 1 heterocycles. The summed E-state index contributed by atoms with van der Waals surface area (Å²) in [5.74, 6) is 0.425. The van der Waals surface area contributed by atoms with Crippen molar-refractivity contribution in [2.24, 2.45) is 7.05 Å². The Labute approximate surface area is 125 Å². The van der Waals surface area contributed by atoms with E-state index in [9.17, 15) is 4.79 Å². The van der Waals surface area contributed by atoms with Crippen LogP contribution in [0, 0.1) is 13.8 Å². The zero-order valence-corrected chi connectivity index (χ0v) is 13.0. The third kappa shape index (κ3) is 2.19. The summed E-state index contributed by atoms with van der Waals surface area (Å²) in [6.45, 7) is 4.07. The van der Waals surface area contributed by atoms with Gasteiger partial charge in [0.1, 0.15) is 5.69 Å². The first-order valence-electron chi connectivity index (χ1n) is 7.65. The van der Waals surface area contributed by atoms with Crippen molar-refractivity contribution in [2.45, 2.75) is 45.4 Å². The SMILES string of the molecule is Cc1ccc(C)c(-n2c(=O)c(N)c(C3CCCC3)n2C)c1. The van der Waals surface area contributed by atoms with E-state index in [1.807, 2.05) is 25.6 Å². The molecule has 112 valence electrons. The molecule has 0 radical (unpaired) electrons. The van der Waals surface area contributed by atoms with Crippen molar-refractivity contribution >= 4 is 5.69 Å². The average Bonchev–Trinajstić information content (AvgIpc) is 3.02. The van der Waals surface area contributed by atoms with E-state index >= 15 is 0 Å². The second kappa shape index (κ2) is 5.10. The second-order valence-electron chi connectivity index (χ2n) is 6.21. The minimum Gasteiger partial charge on any atom is -0.393 e. The number of hydrogen-bond acceptors (Lipinski definition) is 2. The lowest BCUT2D eigenvalue weighted by atomic mass is 10.0. The molecule has 1 aliphatic rings. The molecule has 0 spiro atoms. The predicted molar refractivity (Wildman–Crippen MR) is 86.1 cm³/mol. The van der Waals surface area contributed by atoms with Gasteiger partial charge in [0.25, 0.3) is 5.56 Å². The molecule has 1 aliphatic carbocycles. The number of rotatable bonds is 2. The van der Waals surface area contributed by atoms with Gasteiger partial charge in [-0.25, -0.2) is 4.68 Å². The van der Waals surface area contributed by atoms with Crippen LogP contribution in [-0.2, 0) is 7.05 Å². The molecule has 1 saturated carbocycles. The molecule has 0 bridgehead atoms.